The number of rotatable bonds is 12. The van der Waals surface area contributed by atoms with Gasteiger partial charge in [0.1, 0.15) is 0 Å². The highest BCUT2D eigenvalue weighted by atomic mass is 32.1. The van der Waals surface area contributed by atoms with E-state index >= 15 is 0 Å². The van der Waals surface area contributed by atoms with Gasteiger partial charge in [0, 0.05) is 79.6 Å². The van der Waals surface area contributed by atoms with Gasteiger partial charge in [-0.25, -0.2) is 0 Å². The van der Waals surface area contributed by atoms with E-state index in [9.17, 15) is 0 Å². The molecule has 2 aromatic heterocycles. The molecule has 0 N–H and O–H groups in total. The third-order valence-corrected chi connectivity index (χ3v) is 31.1. The van der Waals surface area contributed by atoms with E-state index in [1.54, 1.807) is 0 Å². The first-order chi connectivity index (χ1) is 64.3. The number of hydrogen-bond donors (Lipinski definition) is 0. The maximum Gasteiger partial charge on any atom is 0.0720 e. The molecule has 0 fully saturated rings. The molecule has 20 aromatic carbocycles. The molecule has 0 aliphatic heterocycles. The van der Waals surface area contributed by atoms with E-state index in [0.717, 1.165) is 28.4 Å². The SMILES string of the molecule is CC1(C)c2ccccc2C2(c3ccccc3-c3c(N(c4ccc(-c5ccccc5)cc4)c4ccc(-c5cccc6c5sc5ccccc56)cc4)cccc32)c2ccccc21.c1ccc(-c2ccc(N(c3ccc(-c4cccc5c4sc4ccccc45)cc3)c3cccc4c3-c3ccccc3C43c4ccccc4C(c4ccccc4)(c4ccccc4)c4ccccc43)cc2)cc1. The molecule has 26 rings (SSSR count). The Kier molecular flexibility index (Phi) is 18.1. The number of fused-ring (bicyclic) bond motifs is 24. The lowest BCUT2D eigenvalue weighted by atomic mass is 9.51. The molecule has 2 heterocycles. The summed E-state index contributed by atoms with van der Waals surface area (Å²) in [5.74, 6) is 0. The molecule has 2 spiro atoms. The fraction of sp³-hybridized carbons (Fsp3) is 0.0476. The van der Waals surface area contributed by atoms with Crippen molar-refractivity contribution in [1.82, 2.24) is 0 Å². The van der Waals surface area contributed by atoms with Crippen LogP contribution in [0, 0.1) is 0 Å². The molecule has 0 bridgehead atoms. The number of hydrogen-bond acceptors (Lipinski definition) is 4. The molecule has 4 heteroatoms. The van der Waals surface area contributed by atoms with Crippen molar-refractivity contribution in [3.63, 3.8) is 0 Å². The van der Waals surface area contributed by atoms with Gasteiger partial charge in [0.15, 0.2) is 0 Å². The molecule has 0 atom stereocenters. The quantitative estimate of drug-likeness (QED) is 0.120. The van der Waals surface area contributed by atoms with Crippen molar-refractivity contribution in [2.75, 3.05) is 9.80 Å². The first-order valence-electron chi connectivity index (χ1n) is 45.2. The van der Waals surface area contributed by atoms with Crippen molar-refractivity contribution in [3.8, 4) is 66.8 Å². The summed E-state index contributed by atoms with van der Waals surface area (Å²) in [4.78, 5) is 4.98. The third-order valence-electron chi connectivity index (χ3n) is 28.6. The van der Waals surface area contributed by atoms with Crippen molar-refractivity contribution in [2.24, 2.45) is 0 Å². The summed E-state index contributed by atoms with van der Waals surface area (Å²) in [6.45, 7) is 4.78. The minimum atomic E-state index is -0.613. The first-order valence-corrected chi connectivity index (χ1v) is 46.8. The highest BCUT2D eigenvalue weighted by molar-refractivity contribution is 7.26. The first kappa shape index (κ1) is 76.8. The van der Waals surface area contributed by atoms with Gasteiger partial charge in [0.05, 0.1) is 27.6 Å². The van der Waals surface area contributed by atoms with Crippen LogP contribution in [0.1, 0.15) is 91.7 Å². The summed E-state index contributed by atoms with van der Waals surface area (Å²) >= 11 is 3.77. The Balaban J connectivity index is 0.000000142. The Morgan fingerprint density at radius 1 is 0.177 bits per heavy atom. The van der Waals surface area contributed by atoms with E-state index in [1.165, 1.54) is 191 Å². The Bertz CT molecular complexity index is 8030. The molecular formula is C126H86N2S2. The molecule has 0 unspecified atom stereocenters. The zero-order valence-corrected chi connectivity index (χ0v) is 73.5. The van der Waals surface area contributed by atoms with Gasteiger partial charge < -0.3 is 9.80 Å². The predicted octanol–water partition coefficient (Wildman–Crippen LogP) is 33.8. The van der Waals surface area contributed by atoms with E-state index in [-0.39, 0.29) is 5.41 Å². The van der Waals surface area contributed by atoms with Crippen LogP contribution in [0.5, 0.6) is 0 Å². The third kappa shape index (κ3) is 11.5. The molecule has 0 saturated heterocycles. The minimum Gasteiger partial charge on any atom is -0.310 e. The normalized spacial score (nSPS) is 13.9. The van der Waals surface area contributed by atoms with Gasteiger partial charge in [-0.05, 0) is 206 Å². The number of thiophene rings is 2. The molecule has 2 nitrogen and oxygen atoms in total. The molecule has 4 aliphatic carbocycles. The summed E-state index contributed by atoms with van der Waals surface area (Å²) < 4.78 is 5.30. The van der Waals surface area contributed by atoms with Crippen molar-refractivity contribution < 1.29 is 0 Å². The lowest BCUT2D eigenvalue weighted by molar-refractivity contribution is 0.563. The van der Waals surface area contributed by atoms with Crippen molar-refractivity contribution in [3.05, 3.63) is 563 Å². The van der Waals surface area contributed by atoms with Crippen LogP contribution in [0.15, 0.2) is 485 Å². The topological polar surface area (TPSA) is 6.48 Å². The molecule has 612 valence electrons. The van der Waals surface area contributed by atoms with Crippen LogP contribution in [0.25, 0.3) is 107 Å². The van der Waals surface area contributed by atoms with Gasteiger partial charge in [-0.2, -0.15) is 0 Å². The van der Waals surface area contributed by atoms with E-state index in [4.69, 9.17) is 0 Å². The van der Waals surface area contributed by atoms with Gasteiger partial charge in [-0.3, -0.25) is 0 Å². The van der Waals surface area contributed by atoms with Gasteiger partial charge >= 0.3 is 0 Å². The van der Waals surface area contributed by atoms with Gasteiger partial charge in [0.2, 0.25) is 0 Å². The highest BCUT2D eigenvalue weighted by Gasteiger charge is 2.58. The standard InChI is InChI=1S/C68H45NS.C58H41NS/c1-4-20-46(21-5-1)47-38-42-51(43-39-47)69(52-44-40-48(41-45-52)53-28-18-29-55-54-26-11-17-37-64(54)70-66(53)55)63-36-19-35-62-65(63)56-27-10-12-30-57(56)68(62)60-33-15-13-31-58(60)67(49-22-6-2-7-23-49,50-24-8-3-9-25-50)59-32-14-16-34-61(59)68;1-57(2)48-23-9-11-25-50(48)58(51-26-12-10-24-49(51)57)47-22-8-6-19-46(47)55-52(58)27-15-28-53(55)59(41-34-30-39(31-35-41)38-16-4-3-5-17-38)42-36-32-40(33-37-42)43-20-14-21-45-44-18-7-13-29-54(44)60-56(43)45/h1-45H;3-37H,1-2H3. The second-order valence-electron chi connectivity index (χ2n) is 35.4. The zero-order valence-electron chi connectivity index (χ0n) is 71.9. The molecule has 0 amide bonds. The summed E-state index contributed by atoms with van der Waals surface area (Å²) in [5, 5.41) is 5.27. The van der Waals surface area contributed by atoms with E-state index in [1.807, 2.05) is 22.7 Å². The van der Waals surface area contributed by atoms with Gasteiger partial charge in [-0.15, -0.1) is 22.7 Å². The second kappa shape index (κ2) is 30.6. The molecule has 130 heavy (non-hydrogen) atoms. The Morgan fingerprint density at radius 2 is 0.431 bits per heavy atom. The summed E-state index contributed by atoms with van der Waals surface area (Å²) in [6.07, 6.45) is 0. The largest absolute Gasteiger partial charge is 0.310 e. The van der Waals surface area contributed by atoms with Crippen LogP contribution in [0.2, 0.25) is 0 Å². The molecule has 22 aromatic rings. The lowest BCUT2D eigenvalue weighted by Gasteiger charge is -2.50. The Hall–Kier alpha value is -15.6. The van der Waals surface area contributed by atoms with Crippen molar-refractivity contribution >= 4 is 97.1 Å². The van der Waals surface area contributed by atoms with Crippen LogP contribution in [-0.2, 0) is 21.7 Å². The fourth-order valence-corrected chi connectivity index (χ4v) is 25.6. The number of nitrogens with zero attached hydrogens (tertiary/aromatic N) is 2. The highest BCUT2D eigenvalue weighted by Crippen LogP contribution is 2.68. The van der Waals surface area contributed by atoms with E-state index in [0.29, 0.717) is 0 Å². The maximum absolute atomic E-state index is 2.49. The number of benzene rings is 20. The average molecular weight is 1690 g/mol. The smallest absolute Gasteiger partial charge is 0.0720 e. The van der Waals surface area contributed by atoms with Gasteiger partial charge in [-0.1, -0.05) is 426 Å². The monoisotopic (exact) mass is 1690 g/mol. The minimum absolute atomic E-state index is 0.151. The van der Waals surface area contributed by atoms with Crippen LogP contribution >= 0.6 is 22.7 Å². The Morgan fingerprint density at radius 3 is 0.800 bits per heavy atom. The van der Waals surface area contributed by atoms with Crippen LogP contribution in [0.3, 0.4) is 0 Å². The van der Waals surface area contributed by atoms with E-state index in [2.05, 4.69) is 509 Å². The van der Waals surface area contributed by atoms with Crippen LogP contribution in [0.4, 0.5) is 34.1 Å². The molecule has 0 radical (unpaired) electrons. The summed E-state index contributed by atoms with van der Waals surface area (Å²) in [5.41, 5.74) is 38.3. The molecule has 4 aliphatic rings. The predicted molar refractivity (Wildman–Crippen MR) is 548 cm³/mol. The maximum atomic E-state index is 2.49. The summed E-state index contributed by atoms with van der Waals surface area (Å²) in [7, 11) is 0. The van der Waals surface area contributed by atoms with Crippen molar-refractivity contribution in [1.29, 1.82) is 0 Å². The van der Waals surface area contributed by atoms with Crippen LogP contribution in [-0.4, -0.2) is 0 Å². The lowest BCUT2D eigenvalue weighted by Crippen LogP contribution is -2.44. The van der Waals surface area contributed by atoms with Crippen molar-refractivity contribution in [2.45, 2.75) is 35.5 Å². The fourth-order valence-electron chi connectivity index (χ4n) is 23.1. The average Bonchev–Trinajstić information content (AvgIpc) is 1.78. The number of anilines is 6. The van der Waals surface area contributed by atoms with E-state index < -0.39 is 16.2 Å². The van der Waals surface area contributed by atoms with Gasteiger partial charge in [0.25, 0.3) is 0 Å². The molecule has 0 saturated carbocycles. The summed E-state index contributed by atoms with van der Waals surface area (Å²) in [6, 6.07) is 181. The zero-order chi connectivity index (χ0) is 86.2. The second-order valence-corrected chi connectivity index (χ2v) is 37.5. The molecular weight excluding hydrogens is 1610 g/mol. The van der Waals surface area contributed by atoms with Crippen LogP contribution < -0.4 is 9.80 Å². The Labute approximate surface area is 766 Å².